The lowest BCUT2D eigenvalue weighted by atomic mass is 10.1. The van der Waals surface area contributed by atoms with Gasteiger partial charge in [0.05, 0.1) is 12.0 Å². The molecule has 4 rings (SSSR count). The summed E-state index contributed by atoms with van der Waals surface area (Å²) in [6, 6.07) is 9.95. The van der Waals surface area contributed by atoms with Crippen LogP contribution < -0.4 is 10.9 Å². The molecule has 0 aliphatic carbocycles. The van der Waals surface area contributed by atoms with Crippen molar-refractivity contribution in [2.75, 3.05) is 5.32 Å². The van der Waals surface area contributed by atoms with Gasteiger partial charge in [-0.3, -0.25) is 14.2 Å². The van der Waals surface area contributed by atoms with E-state index in [1.807, 2.05) is 12.1 Å². The van der Waals surface area contributed by atoms with Gasteiger partial charge in [0.25, 0.3) is 5.56 Å². The van der Waals surface area contributed by atoms with Crippen molar-refractivity contribution < 1.29 is 13.6 Å². The molecule has 0 aliphatic heterocycles. The first-order valence-corrected chi connectivity index (χ1v) is 9.26. The van der Waals surface area contributed by atoms with Gasteiger partial charge in [-0.25, -0.2) is 13.8 Å². The van der Waals surface area contributed by atoms with E-state index in [-0.39, 0.29) is 12.2 Å². The number of aryl methyl sites for hydroxylation is 1. The Morgan fingerprint density at radius 3 is 2.60 bits per heavy atom. The second-order valence-electron chi connectivity index (χ2n) is 6.71. The number of carbonyl (C=O) groups is 1. The van der Waals surface area contributed by atoms with Crippen LogP contribution in [-0.4, -0.2) is 20.0 Å². The molecule has 0 unspecified atom stereocenters. The maximum Gasteiger partial charge on any atom is 0.278 e. The predicted molar refractivity (Wildman–Crippen MR) is 110 cm³/mol. The number of nitrogens with one attached hydrogen (secondary N) is 1. The van der Waals surface area contributed by atoms with Crippen LogP contribution in [0.3, 0.4) is 0 Å². The summed E-state index contributed by atoms with van der Waals surface area (Å²) in [5.41, 5.74) is 1.82. The Hall–Kier alpha value is -3.52. The number of halogens is 3. The number of aromatic nitrogens is 3. The largest absolute Gasteiger partial charge is 0.344 e. The van der Waals surface area contributed by atoms with Crippen LogP contribution in [-0.2, 0) is 18.4 Å². The van der Waals surface area contributed by atoms with E-state index in [0.29, 0.717) is 22.1 Å². The molecular formula is C21H15ClF2N4O2. The normalized spacial score (nSPS) is 11.1. The van der Waals surface area contributed by atoms with E-state index in [0.717, 1.165) is 27.8 Å². The van der Waals surface area contributed by atoms with Gasteiger partial charge < -0.3 is 9.88 Å². The van der Waals surface area contributed by atoms with E-state index in [1.165, 1.54) is 6.33 Å². The molecule has 0 fully saturated rings. The first-order valence-electron chi connectivity index (χ1n) is 8.89. The third-order valence-electron chi connectivity index (χ3n) is 4.62. The zero-order valence-corrected chi connectivity index (χ0v) is 16.5. The Balaban J connectivity index is 1.65. The first kappa shape index (κ1) is 19.8. The lowest BCUT2D eigenvalue weighted by Crippen LogP contribution is -2.28. The Labute approximate surface area is 174 Å². The van der Waals surface area contributed by atoms with Crippen molar-refractivity contribution in [2.45, 2.75) is 6.54 Å². The summed E-state index contributed by atoms with van der Waals surface area (Å²) >= 11 is 5.94. The molecule has 2 heterocycles. The monoisotopic (exact) mass is 428 g/mol. The molecule has 0 atom stereocenters. The number of amides is 1. The Bertz CT molecular complexity index is 1330. The van der Waals surface area contributed by atoms with Gasteiger partial charge in [0, 0.05) is 29.9 Å². The highest BCUT2D eigenvalue weighted by atomic mass is 35.5. The van der Waals surface area contributed by atoms with Gasteiger partial charge in [0.15, 0.2) is 0 Å². The minimum Gasteiger partial charge on any atom is -0.344 e. The van der Waals surface area contributed by atoms with Crippen LogP contribution in [0.15, 0.2) is 59.8 Å². The summed E-state index contributed by atoms with van der Waals surface area (Å²) in [5.74, 6) is -2.30. The highest BCUT2D eigenvalue weighted by molar-refractivity contribution is 6.30. The third-order valence-corrected chi connectivity index (χ3v) is 4.87. The van der Waals surface area contributed by atoms with Crippen molar-refractivity contribution in [3.63, 3.8) is 0 Å². The van der Waals surface area contributed by atoms with Crippen LogP contribution in [0.1, 0.15) is 0 Å². The van der Waals surface area contributed by atoms with Crippen molar-refractivity contribution in [1.29, 1.82) is 0 Å². The molecular weight excluding hydrogens is 414 g/mol. The second kappa shape index (κ2) is 7.72. The number of rotatable bonds is 4. The zero-order valence-electron chi connectivity index (χ0n) is 15.7. The van der Waals surface area contributed by atoms with Crippen LogP contribution in [0.4, 0.5) is 14.5 Å². The number of anilines is 1. The smallest absolute Gasteiger partial charge is 0.278 e. The molecule has 1 N–H and O–H groups in total. The molecule has 2 aromatic carbocycles. The van der Waals surface area contributed by atoms with E-state index in [2.05, 4.69) is 10.3 Å². The molecule has 9 heteroatoms. The van der Waals surface area contributed by atoms with Gasteiger partial charge in [0.1, 0.15) is 29.2 Å². The van der Waals surface area contributed by atoms with E-state index in [9.17, 15) is 18.4 Å². The van der Waals surface area contributed by atoms with Gasteiger partial charge in [-0.1, -0.05) is 23.7 Å². The molecule has 152 valence electrons. The zero-order chi connectivity index (χ0) is 21.4. The molecule has 2 aromatic heterocycles. The molecule has 6 nitrogen and oxygen atoms in total. The number of hydrogen-bond acceptors (Lipinski definition) is 3. The number of benzene rings is 2. The molecule has 1 amide bonds. The topological polar surface area (TPSA) is 68.9 Å². The minimum absolute atomic E-state index is 0.174. The minimum atomic E-state index is -0.903. The van der Waals surface area contributed by atoms with E-state index in [1.54, 1.807) is 29.9 Å². The number of nitrogens with zero attached hydrogens (tertiary/aromatic N) is 3. The second-order valence-corrected chi connectivity index (χ2v) is 7.14. The lowest BCUT2D eigenvalue weighted by Gasteiger charge is -2.08. The van der Waals surface area contributed by atoms with Gasteiger partial charge in [-0.05, 0) is 29.8 Å². The molecule has 4 aromatic rings. The number of hydrogen-bond donors (Lipinski definition) is 1. The summed E-state index contributed by atoms with van der Waals surface area (Å²) < 4.78 is 29.5. The molecule has 0 aliphatic rings. The van der Waals surface area contributed by atoms with E-state index < -0.39 is 23.1 Å². The fourth-order valence-electron chi connectivity index (χ4n) is 3.20. The van der Waals surface area contributed by atoms with Crippen LogP contribution in [0.25, 0.3) is 22.2 Å². The summed E-state index contributed by atoms with van der Waals surface area (Å²) in [6.45, 7) is -0.375. The summed E-state index contributed by atoms with van der Waals surface area (Å²) in [6.07, 6.45) is 3.05. The quantitative estimate of drug-likeness (QED) is 0.534. The van der Waals surface area contributed by atoms with Crippen LogP contribution in [0, 0.1) is 11.6 Å². The Morgan fingerprint density at radius 2 is 1.90 bits per heavy atom. The summed E-state index contributed by atoms with van der Waals surface area (Å²) in [4.78, 5) is 29.6. The lowest BCUT2D eigenvalue weighted by molar-refractivity contribution is -0.116. The van der Waals surface area contributed by atoms with Crippen LogP contribution in [0.2, 0.25) is 5.02 Å². The van der Waals surface area contributed by atoms with Gasteiger partial charge in [-0.15, -0.1) is 0 Å². The predicted octanol–water partition coefficient (Wildman–Crippen LogP) is 3.97. The van der Waals surface area contributed by atoms with Crippen molar-refractivity contribution in [3.05, 3.63) is 82.0 Å². The van der Waals surface area contributed by atoms with Crippen molar-refractivity contribution in [3.8, 4) is 11.1 Å². The maximum absolute atomic E-state index is 13.7. The highest BCUT2D eigenvalue weighted by Crippen LogP contribution is 2.28. The molecule has 30 heavy (non-hydrogen) atoms. The van der Waals surface area contributed by atoms with Gasteiger partial charge in [0.2, 0.25) is 5.91 Å². The standard InChI is InChI=1S/C21H15ClF2N4O2/c1-27-9-15(12-2-4-13(22)5-3-12)19-20(27)21(30)28(11-25-19)10-18(29)26-17-7-6-14(23)8-16(17)24/h2-9,11H,10H2,1H3,(H,26,29). The molecule has 0 bridgehead atoms. The van der Waals surface area contributed by atoms with Crippen LogP contribution in [0.5, 0.6) is 0 Å². The third kappa shape index (κ3) is 3.69. The number of fused-ring (bicyclic) bond motifs is 1. The molecule has 0 spiro atoms. The van der Waals surface area contributed by atoms with Gasteiger partial charge in [-0.2, -0.15) is 0 Å². The summed E-state index contributed by atoms with van der Waals surface area (Å²) in [7, 11) is 1.71. The van der Waals surface area contributed by atoms with E-state index in [4.69, 9.17) is 11.6 Å². The molecule has 0 saturated carbocycles. The van der Waals surface area contributed by atoms with Crippen LogP contribution >= 0.6 is 11.6 Å². The van der Waals surface area contributed by atoms with Gasteiger partial charge >= 0.3 is 0 Å². The first-order chi connectivity index (χ1) is 14.3. The van der Waals surface area contributed by atoms with E-state index >= 15 is 0 Å². The number of carbonyl (C=O) groups excluding carboxylic acids is 1. The Morgan fingerprint density at radius 1 is 1.17 bits per heavy atom. The fraction of sp³-hybridized carbons (Fsp3) is 0.0952. The fourth-order valence-corrected chi connectivity index (χ4v) is 3.33. The SMILES string of the molecule is Cn1cc(-c2ccc(Cl)cc2)c2ncn(CC(=O)Nc3ccc(F)cc3F)c(=O)c21. The summed E-state index contributed by atoms with van der Waals surface area (Å²) in [5, 5.41) is 2.92. The average Bonchev–Trinajstić information content (AvgIpc) is 3.04. The van der Waals surface area contributed by atoms with Crippen molar-refractivity contribution >= 4 is 34.2 Å². The van der Waals surface area contributed by atoms with Crippen molar-refractivity contribution in [1.82, 2.24) is 14.1 Å². The highest BCUT2D eigenvalue weighted by Gasteiger charge is 2.16. The average molecular weight is 429 g/mol. The van der Waals surface area contributed by atoms with Crippen molar-refractivity contribution in [2.24, 2.45) is 7.05 Å². The Kier molecular flexibility index (Phi) is 5.09. The molecule has 0 radical (unpaired) electrons. The molecule has 0 saturated heterocycles. The maximum atomic E-state index is 13.7.